The van der Waals surface area contributed by atoms with Gasteiger partial charge in [-0.05, 0) is 47.0 Å². The topological polar surface area (TPSA) is 72.0 Å². The van der Waals surface area contributed by atoms with E-state index < -0.39 is 5.82 Å². The van der Waals surface area contributed by atoms with Crippen molar-refractivity contribution in [3.8, 4) is 17.1 Å². The highest BCUT2D eigenvalue weighted by molar-refractivity contribution is 9.10. The van der Waals surface area contributed by atoms with Crippen LogP contribution in [0, 0.1) is 5.82 Å². The van der Waals surface area contributed by atoms with Crippen molar-refractivity contribution in [1.82, 2.24) is 9.97 Å². The van der Waals surface area contributed by atoms with Crippen molar-refractivity contribution in [1.29, 1.82) is 0 Å². The highest BCUT2D eigenvalue weighted by atomic mass is 79.9. The monoisotopic (exact) mass is 351 g/mol. The Labute approximate surface area is 130 Å². The third kappa shape index (κ3) is 2.72. The summed E-state index contributed by atoms with van der Waals surface area (Å²) in [4.78, 5) is 8.79. The Morgan fingerprint density at radius 2 is 1.95 bits per heavy atom. The molecule has 0 bridgehead atoms. The van der Waals surface area contributed by atoms with E-state index in [0.717, 1.165) is 23.0 Å². The molecule has 1 aromatic heterocycles. The van der Waals surface area contributed by atoms with E-state index in [0.29, 0.717) is 23.1 Å². The van der Waals surface area contributed by atoms with E-state index in [-0.39, 0.29) is 5.75 Å². The van der Waals surface area contributed by atoms with Crippen LogP contribution < -0.4 is 5.73 Å². The van der Waals surface area contributed by atoms with Gasteiger partial charge in [0.1, 0.15) is 5.82 Å². The number of rotatable bonds is 2. The van der Waals surface area contributed by atoms with Gasteiger partial charge in [-0.3, -0.25) is 0 Å². The van der Waals surface area contributed by atoms with E-state index in [1.54, 1.807) is 6.07 Å². The number of nitrogens with zero attached hydrogens (tertiary/aromatic N) is 2. The van der Waals surface area contributed by atoms with Gasteiger partial charge >= 0.3 is 0 Å². The number of halogens is 2. The summed E-state index contributed by atoms with van der Waals surface area (Å²) in [6.45, 7) is 0. The minimum atomic E-state index is -0.694. The molecule has 3 N–H and O–H groups in total. The number of nitrogens with two attached hydrogens (primary N) is 1. The van der Waals surface area contributed by atoms with Gasteiger partial charge in [0, 0.05) is 11.5 Å². The van der Waals surface area contributed by atoms with E-state index in [1.165, 1.54) is 25.0 Å². The van der Waals surface area contributed by atoms with Gasteiger partial charge in [0.25, 0.3) is 0 Å². The molecule has 1 aliphatic carbocycles. The number of anilines is 1. The van der Waals surface area contributed by atoms with E-state index in [4.69, 9.17) is 5.73 Å². The first-order chi connectivity index (χ1) is 10.1. The maximum atomic E-state index is 13.5. The third-order valence-electron chi connectivity index (χ3n) is 3.85. The molecule has 1 aromatic carbocycles. The molecule has 110 valence electrons. The van der Waals surface area contributed by atoms with Crippen molar-refractivity contribution in [2.45, 2.75) is 31.6 Å². The summed E-state index contributed by atoms with van der Waals surface area (Å²) in [6, 6.07) is 4.09. The van der Waals surface area contributed by atoms with Gasteiger partial charge in [0.15, 0.2) is 17.4 Å². The normalized spacial score (nSPS) is 15.5. The molecule has 3 rings (SSSR count). The van der Waals surface area contributed by atoms with Gasteiger partial charge in [0.05, 0.1) is 10.2 Å². The Hall–Kier alpha value is -1.69. The molecule has 21 heavy (non-hydrogen) atoms. The molecule has 1 saturated carbocycles. The predicted molar refractivity (Wildman–Crippen MR) is 82.4 cm³/mol. The molecule has 1 fully saturated rings. The minimum Gasteiger partial charge on any atom is -0.505 e. The van der Waals surface area contributed by atoms with Gasteiger partial charge in [0.2, 0.25) is 0 Å². The van der Waals surface area contributed by atoms with E-state index in [1.807, 2.05) is 0 Å². The van der Waals surface area contributed by atoms with Gasteiger partial charge in [-0.25, -0.2) is 14.4 Å². The molecular formula is C15H15BrFN3O. The molecule has 1 aliphatic rings. The Morgan fingerprint density at radius 3 is 2.62 bits per heavy atom. The van der Waals surface area contributed by atoms with Gasteiger partial charge in [-0.15, -0.1) is 0 Å². The molecule has 0 spiro atoms. The summed E-state index contributed by atoms with van der Waals surface area (Å²) in [5.74, 6) is 0.0251. The van der Waals surface area contributed by atoms with Crippen LogP contribution in [-0.4, -0.2) is 15.1 Å². The standard InChI is InChI=1S/C15H15BrFN3O/c16-12-13(8-3-1-2-4-8)19-15(20-14(12)18)9-5-6-11(21)10(17)7-9/h5-8,21H,1-4H2,(H2,18,19,20). The SMILES string of the molecule is Nc1nc(-c2ccc(O)c(F)c2)nc(C2CCCC2)c1Br. The fraction of sp³-hybridized carbons (Fsp3) is 0.333. The lowest BCUT2D eigenvalue weighted by Crippen LogP contribution is -2.06. The Bertz CT molecular complexity index is 687. The van der Waals surface area contributed by atoms with Gasteiger partial charge in [-0.2, -0.15) is 0 Å². The molecule has 0 aliphatic heterocycles. The lowest BCUT2D eigenvalue weighted by molar-refractivity contribution is 0.432. The Kier molecular flexibility index (Phi) is 3.80. The molecule has 6 heteroatoms. The van der Waals surface area contributed by atoms with Crippen LogP contribution in [0.4, 0.5) is 10.2 Å². The minimum absolute atomic E-state index is 0.357. The summed E-state index contributed by atoms with van der Waals surface area (Å²) >= 11 is 3.46. The van der Waals surface area contributed by atoms with Crippen LogP contribution in [0.2, 0.25) is 0 Å². The first-order valence-electron chi connectivity index (χ1n) is 6.88. The van der Waals surface area contributed by atoms with E-state index >= 15 is 0 Å². The predicted octanol–water partition coefficient (Wildman–Crippen LogP) is 3.99. The molecule has 0 unspecified atom stereocenters. The summed E-state index contributed by atoms with van der Waals surface area (Å²) in [7, 11) is 0. The number of aromatic hydroxyl groups is 1. The van der Waals surface area contributed by atoms with Crippen LogP contribution in [0.25, 0.3) is 11.4 Å². The highest BCUT2D eigenvalue weighted by Gasteiger charge is 2.23. The maximum Gasteiger partial charge on any atom is 0.165 e. The zero-order valence-electron chi connectivity index (χ0n) is 11.3. The largest absolute Gasteiger partial charge is 0.505 e. The number of aromatic nitrogens is 2. The van der Waals surface area contributed by atoms with Crippen LogP contribution >= 0.6 is 15.9 Å². The quantitative estimate of drug-likeness (QED) is 0.857. The first-order valence-corrected chi connectivity index (χ1v) is 7.67. The van der Waals surface area contributed by atoms with Crippen LogP contribution in [0.3, 0.4) is 0 Å². The molecule has 0 amide bonds. The van der Waals surface area contributed by atoms with Crippen molar-refractivity contribution < 1.29 is 9.50 Å². The summed E-state index contributed by atoms with van der Waals surface area (Å²) < 4.78 is 14.2. The first kappa shape index (κ1) is 14.3. The number of nitrogen functional groups attached to an aromatic ring is 1. The van der Waals surface area contributed by atoms with Crippen LogP contribution in [-0.2, 0) is 0 Å². The summed E-state index contributed by atoms with van der Waals surface area (Å²) in [5.41, 5.74) is 7.35. The van der Waals surface area contributed by atoms with Gasteiger partial charge < -0.3 is 10.8 Å². The van der Waals surface area contributed by atoms with Gasteiger partial charge in [-0.1, -0.05) is 12.8 Å². The second-order valence-electron chi connectivity index (χ2n) is 5.28. The van der Waals surface area contributed by atoms with Crippen LogP contribution in [0.5, 0.6) is 5.75 Å². The third-order valence-corrected chi connectivity index (χ3v) is 4.66. The smallest absolute Gasteiger partial charge is 0.165 e. The second kappa shape index (κ2) is 5.60. The Balaban J connectivity index is 2.08. The van der Waals surface area contributed by atoms with Crippen molar-refractivity contribution >= 4 is 21.7 Å². The van der Waals surface area contributed by atoms with E-state index in [2.05, 4.69) is 25.9 Å². The lowest BCUT2D eigenvalue weighted by Gasteiger charge is -2.14. The van der Waals surface area contributed by atoms with E-state index in [9.17, 15) is 9.50 Å². The average molecular weight is 352 g/mol. The van der Waals surface area contributed by atoms with Crippen molar-refractivity contribution in [3.63, 3.8) is 0 Å². The average Bonchev–Trinajstić information content (AvgIpc) is 2.98. The molecule has 0 atom stereocenters. The molecule has 0 saturated heterocycles. The number of hydrogen-bond donors (Lipinski definition) is 2. The van der Waals surface area contributed by atoms with Crippen LogP contribution in [0.15, 0.2) is 22.7 Å². The van der Waals surface area contributed by atoms with Crippen LogP contribution in [0.1, 0.15) is 37.3 Å². The highest BCUT2D eigenvalue weighted by Crippen LogP contribution is 2.39. The molecule has 0 radical (unpaired) electrons. The second-order valence-corrected chi connectivity index (χ2v) is 6.07. The van der Waals surface area contributed by atoms with Crippen molar-refractivity contribution in [2.75, 3.05) is 5.73 Å². The summed E-state index contributed by atoms with van der Waals surface area (Å²) in [6.07, 6.45) is 4.53. The Morgan fingerprint density at radius 1 is 1.24 bits per heavy atom. The molecular weight excluding hydrogens is 337 g/mol. The fourth-order valence-corrected chi connectivity index (χ4v) is 3.23. The molecule has 1 heterocycles. The summed E-state index contributed by atoms with van der Waals surface area (Å²) in [5, 5.41) is 9.27. The fourth-order valence-electron chi connectivity index (χ4n) is 2.73. The van der Waals surface area contributed by atoms with Crippen molar-refractivity contribution in [2.24, 2.45) is 0 Å². The number of hydrogen-bond acceptors (Lipinski definition) is 4. The zero-order valence-corrected chi connectivity index (χ0v) is 12.9. The maximum absolute atomic E-state index is 13.5. The number of benzene rings is 1. The number of phenolic OH excluding ortho intramolecular Hbond substituents is 1. The molecule has 2 aromatic rings. The lowest BCUT2D eigenvalue weighted by atomic mass is 10.0. The van der Waals surface area contributed by atoms with Crippen molar-refractivity contribution in [3.05, 3.63) is 34.2 Å². The number of phenols is 1. The zero-order chi connectivity index (χ0) is 15.0. The molecule has 4 nitrogen and oxygen atoms in total.